The van der Waals surface area contributed by atoms with E-state index in [1.54, 1.807) is 0 Å². The average molecular weight is 309 g/mol. The van der Waals surface area contributed by atoms with Crippen LogP contribution in [-0.2, 0) is 0 Å². The van der Waals surface area contributed by atoms with Crippen LogP contribution in [0.2, 0.25) is 0 Å². The highest BCUT2D eigenvalue weighted by Crippen LogP contribution is 2.13. The first-order valence-corrected chi connectivity index (χ1v) is 7.81. The largest absolute Gasteiger partial charge is 0.372 e. The van der Waals surface area contributed by atoms with E-state index in [1.165, 1.54) is 5.22 Å². The van der Waals surface area contributed by atoms with Crippen molar-refractivity contribution < 1.29 is 4.39 Å². The molecule has 3 nitrogen and oxygen atoms in total. The first-order valence-electron chi connectivity index (χ1n) is 7.81. The molecule has 2 aromatic rings. The first-order chi connectivity index (χ1) is 11.2. The number of anilines is 1. The third kappa shape index (κ3) is 3.29. The van der Waals surface area contributed by atoms with Gasteiger partial charge in [-0.3, -0.25) is 4.99 Å². The van der Waals surface area contributed by atoms with E-state index in [-0.39, 0.29) is 6.67 Å². The molecule has 1 aliphatic rings. The molecular weight excluding hydrogens is 289 g/mol. The molecule has 0 amide bonds. The Morgan fingerprint density at radius 1 is 1.26 bits per heavy atom. The van der Waals surface area contributed by atoms with Gasteiger partial charge in [0.25, 0.3) is 0 Å². The summed E-state index contributed by atoms with van der Waals surface area (Å²) in [5.41, 5.74) is 4.97. The third-order valence-corrected chi connectivity index (χ3v) is 4.08. The van der Waals surface area contributed by atoms with E-state index in [1.807, 2.05) is 36.2 Å². The van der Waals surface area contributed by atoms with Crippen LogP contribution in [0.5, 0.6) is 0 Å². The maximum atomic E-state index is 12.4. The molecule has 0 fully saturated rings. The Morgan fingerprint density at radius 3 is 2.74 bits per heavy atom. The molecule has 0 unspecified atom stereocenters. The zero-order valence-corrected chi connectivity index (χ0v) is 13.5. The summed E-state index contributed by atoms with van der Waals surface area (Å²) in [6, 6.07) is 7.86. The van der Waals surface area contributed by atoms with Crippen LogP contribution < -0.4 is 15.6 Å². The molecule has 23 heavy (non-hydrogen) atoms. The normalized spacial score (nSPS) is 12.5. The number of alkyl halides is 1. The van der Waals surface area contributed by atoms with Crippen LogP contribution in [-0.4, -0.2) is 31.8 Å². The summed E-state index contributed by atoms with van der Waals surface area (Å²) >= 11 is 0. The van der Waals surface area contributed by atoms with Gasteiger partial charge in [0.15, 0.2) is 0 Å². The summed E-state index contributed by atoms with van der Waals surface area (Å²) < 4.78 is 12.4. The van der Waals surface area contributed by atoms with Gasteiger partial charge < -0.3 is 9.88 Å². The second kappa shape index (κ2) is 6.70. The molecular formula is C19H20FN3. The number of rotatable bonds is 3. The van der Waals surface area contributed by atoms with Crippen LogP contribution in [0.1, 0.15) is 23.2 Å². The van der Waals surface area contributed by atoms with Gasteiger partial charge in [0.1, 0.15) is 12.2 Å². The number of hydrogen-bond donors (Lipinski definition) is 1. The first kappa shape index (κ1) is 15.4. The van der Waals surface area contributed by atoms with Crippen LogP contribution >= 0.6 is 0 Å². The minimum atomic E-state index is -0.350. The number of aromatic nitrogens is 1. The van der Waals surface area contributed by atoms with Crippen molar-refractivity contribution in [2.75, 3.05) is 31.7 Å². The van der Waals surface area contributed by atoms with Gasteiger partial charge in [0, 0.05) is 36.6 Å². The Labute approximate surface area is 135 Å². The molecule has 118 valence electrons. The van der Waals surface area contributed by atoms with Crippen molar-refractivity contribution in [1.29, 1.82) is 0 Å². The SMILES string of the molecule is Cc1c(C#Cc2ccc(N(C)CCF)cc2)[nH]c2c1=CCCN=2. The molecule has 1 aliphatic heterocycles. The Bertz CT molecular complexity index is 866. The Balaban J connectivity index is 1.84. The zero-order valence-electron chi connectivity index (χ0n) is 13.5. The molecule has 4 heteroatoms. The topological polar surface area (TPSA) is 31.4 Å². The fourth-order valence-electron chi connectivity index (χ4n) is 2.67. The number of H-pyrrole nitrogens is 1. The molecule has 0 saturated carbocycles. The number of fused-ring (bicyclic) bond motifs is 1. The maximum Gasteiger partial charge on any atom is 0.133 e. The number of hydrogen-bond acceptors (Lipinski definition) is 2. The molecule has 3 rings (SSSR count). The number of aromatic amines is 1. The molecule has 1 aromatic carbocycles. The fourth-order valence-corrected chi connectivity index (χ4v) is 2.67. The van der Waals surface area contributed by atoms with Crippen molar-refractivity contribution in [3.05, 3.63) is 51.8 Å². The van der Waals surface area contributed by atoms with Crippen molar-refractivity contribution >= 4 is 11.8 Å². The average Bonchev–Trinajstić information content (AvgIpc) is 2.90. The Hall–Kier alpha value is -2.54. The summed E-state index contributed by atoms with van der Waals surface area (Å²) in [6.07, 6.45) is 3.21. The van der Waals surface area contributed by atoms with E-state index in [2.05, 4.69) is 34.8 Å². The summed E-state index contributed by atoms with van der Waals surface area (Å²) in [4.78, 5) is 9.67. The summed E-state index contributed by atoms with van der Waals surface area (Å²) in [6.45, 7) is 2.97. The van der Waals surface area contributed by atoms with Crippen LogP contribution in [0.3, 0.4) is 0 Å². The molecule has 2 heterocycles. The van der Waals surface area contributed by atoms with Gasteiger partial charge in [0.2, 0.25) is 0 Å². The molecule has 0 aliphatic carbocycles. The van der Waals surface area contributed by atoms with Crippen molar-refractivity contribution in [2.24, 2.45) is 4.99 Å². The van der Waals surface area contributed by atoms with Gasteiger partial charge in [-0.15, -0.1) is 0 Å². The molecule has 0 bridgehead atoms. The quantitative estimate of drug-likeness (QED) is 0.863. The minimum absolute atomic E-state index is 0.350. The van der Waals surface area contributed by atoms with Crippen LogP contribution in [0.25, 0.3) is 6.08 Å². The summed E-state index contributed by atoms with van der Waals surface area (Å²) in [5.74, 6) is 6.38. The molecule has 1 N–H and O–H groups in total. The smallest absolute Gasteiger partial charge is 0.133 e. The lowest BCUT2D eigenvalue weighted by atomic mass is 10.1. The highest BCUT2D eigenvalue weighted by atomic mass is 19.1. The van der Waals surface area contributed by atoms with Crippen molar-refractivity contribution in [1.82, 2.24) is 4.98 Å². The number of benzene rings is 1. The van der Waals surface area contributed by atoms with Gasteiger partial charge >= 0.3 is 0 Å². The van der Waals surface area contributed by atoms with E-state index in [9.17, 15) is 4.39 Å². The van der Waals surface area contributed by atoms with Crippen LogP contribution in [0, 0.1) is 18.8 Å². The predicted octanol–water partition coefficient (Wildman–Crippen LogP) is 1.93. The van der Waals surface area contributed by atoms with Crippen molar-refractivity contribution in [2.45, 2.75) is 13.3 Å². The van der Waals surface area contributed by atoms with Gasteiger partial charge in [-0.05, 0) is 49.1 Å². The van der Waals surface area contributed by atoms with Crippen LogP contribution in [0.4, 0.5) is 10.1 Å². The molecule has 0 atom stereocenters. The highest BCUT2D eigenvalue weighted by molar-refractivity contribution is 5.51. The highest BCUT2D eigenvalue weighted by Gasteiger charge is 2.05. The number of halogens is 1. The third-order valence-electron chi connectivity index (χ3n) is 4.08. The number of nitrogens with zero attached hydrogens (tertiary/aromatic N) is 2. The van der Waals surface area contributed by atoms with Gasteiger partial charge in [-0.1, -0.05) is 12.0 Å². The van der Waals surface area contributed by atoms with E-state index in [0.29, 0.717) is 6.54 Å². The van der Waals surface area contributed by atoms with E-state index in [4.69, 9.17) is 0 Å². The maximum absolute atomic E-state index is 12.4. The van der Waals surface area contributed by atoms with Gasteiger partial charge in [-0.25, -0.2) is 4.39 Å². The minimum Gasteiger partial charge on any atom is -0.372 e. The lowest BCUT2D eigenvalue weighted by molar-refractivity contribution is 0.497. The Morgan fingerprint density at radius 2 is 2.04 bits per heavy atom. The Kier molecular flexibility index (Phi) is 4.47. The van der Waals surface area contributed by atoms with Gasteiger partial charge in [0.05, 0.1) is 5.69 Å². The van der Waals surface area contributed by atoms with Crippen molar-refractivity contribution in [3.63, 3.8) is 0 Å². The number of nitrogens with one attached hydrogen (secondary N) is 1. The summed E-state index contributed by atoms with van der Waals surface area (Å²) in [5, 5.41) is 1.18. The van der Waals surface area contributed by atoms with Crippen molar-refractivity contribution in [3.8, 4) is 11.8 Å². The molecule has 1 aromatic heterocycles. The molecule has 0 radical (unpaired) electrons. The fraction of sp³-hybridized carbons (Fsp3) is 0.316. The second-order valence-corrected chi connectivity index (χ2v) is 5.67. The molecule has 0 saturated heterocycles. The standard InChI is InChI=1S/C19H20FN3/c1-14-17-4-3-12-21-19(17)22-18(14)10-7-15-5-8-16(9-6-15)23(2)13-11-20/h4-6,8-9H,3,11-13H2,1-2H3,(H,21,22). The van der Waals surface area contributed by atoms with Crippen LogP contribution in [0.15, 0.2) is 29.3 Å². The van der Waals surface area contributed by atoms with E-state index >= 15 is 0 Å². The monoisotopic (exact) mass is 309 g/mol. The second-order valence-electron chi connectivity index (χ2n) is 5.67. The predicted molar refractivity (Wildman–Crippen MR) is 91.9 cm³/mol. The van der Waals surface area contributed by atoms with Gasteiger partial charge in [-0.2, -0.15) is 0 Å². The van der Waals surface area contributed by atoms with E-state index in [0.717, 1.165) is 41.0 Å². The summed E-state index contributed by atoms with van der Waals surface area (Å²) in [7, 11) is 1.88. The van der Waals surface area contributed by atoms with E-state index < -0.39 is 0 Å². The zero-order chi connectivity index (χ0) is 16.2. The lowest BCUT2D eigenvalue weighted by Gasteiger charge is -2.16. The lowest BCUT2D eigenvalue weighted by Crippen LogP contribution is -2.27. The molecule has 0 spiro atoms.